The Morgan fingerprint density at radius 1 is 1.18 bits per heavy atom. The predicted molar refractivity (Wildman–Crippen MR) is 108 cm³/mol. The minimum absolute atomic E-state index is 0.0299. The van der Waals surface area contributed by atoms with Crippen LogP contribution in [0.3, 0.4) is 0 Å². The van der Waals surface area contributed by atoms with Gasteiger partial charge in [0.05, 0.1) is 0 Å². The zero-order valence-electron chi connectivity index (χ0n) is 16.1. The first-order valence-corrected chi connectivity index (χ1v) is 10.9. The van der Waals surface area contributed by atoms with Crippen LogP contribution in [0.5, 0.6) is 0 Å². The average molecular weight is 401 g/mol. The summed E-state index contributed by atoms with van der Waals surface area (Å²) in [5.41, 5.74) is 0.788. The molecule has 0 radical (unpaired) electrons. The quantitative estimate of drug-likeness (QED) is 0.482. The van der Waals surface area contributed by atoms with Gasteiger partial charge in [-0.3, -0.25) is 9.59 Å². The second-order valence-electron chi connectivity index (χ2n) is 8.14. The molecule has 3 nitrogen and oxygen atoms in total. The Hall–Kier alpha value is -2.01. The molecule has 1 aliphatic heterocycles. The normalized spacial score (nSPS) is 23.2. The molecule has 5 heteroatoms. The molecule has 1 saturated carbocycles. The first kappa shape index (κ1) is 19.3. The van der Waals surface area contributed by atoms with Crippen LogP contribution in [0.4, 0.5) is 4.39 Å². The van der Waals surface area contributed by atoms with E-state index >= 15 is 0 Å². The highest BCUT2D eigenvalue weighted by molar-refractivity contribution is 7.15. The number of carbonyl (C=O) groups is 2. The molecule has 1 aromatic carbocycles. The van der Waals surface area contributed by atoms with E-state index in [0.29, 0.717) is 24.8 Å². The number of hydrogen-bond acceptors (Lipinski definition) is 4. The zero-order chi connectivity index (χ0) is 19.7. The molecule has 1 unspecified atom stereocenters. The number of thiophene rings is 1. The van der Waals surface area contributed by atoms with Crippen LogP contribution in [0.1, 0.15) is 55.4 Å². The first-order chi connectivity index (χ1) is 13.4. The fourth-order valence-electron chi connectivity index (χ4n) is 4.73. The molecule has 0 spiro atoms. The van der Waals surface area contributed by atoms with Gasteiger partial charge >= 0.3 is 5.97 Å². The molecular weight excluding hydrogens is 375 g/mol. The Balaban J connectivity index is 1.53. The molecule has 1 atom stereocenters. The van der Waals surface area contributed by atoms with E-state index in [4.69, 9.17) is 4.74 Å². The molecule has 28 heavy (non-hydrogen) atoms. The van der Waals surface area contributed by atoms with Crippen molar-refractivity contribution >= 4 is 23.1 Å². The monoisotopic (exact) mass is 400 g/mol. The number of Topliss-reactive ketones (excluding diaryl/α,β-unsaturated/α-hetero) is 1. The largest absolute Gasteiger partial charge is 0.458 e. The Kier molecular flexibility index (Phi) is 5.37. The van der Waals surface area contributed by atoms with Crippen LogP contribution < -0.4 is 0 Å². The maximum absolute atomic E-state index is 14.7. The van der Waals surface area contributed by atoms with Crippen molar-refractivity contribution in [3.05, 3.63) is 46.6 Å². The lowest BCUT2D eigenvalue weighted by atomic mass is 9.76. The van der Waals surface area contributed by atoms with Crippen LogP contribution in [-0.4, -0.2) is 17.4 Å². The molecular formula is C23H25FO3S. The molecule has 2 heterocycles. The van der Waals surface area contributed by atoms with Crippen LogP contribution in [-0.2, 0) is 20.7 Å². The van der Waals surface area contributed by atoms with Crippen molar-refractivity contribution in [2.75, 3.05) is 0 Å². The van der Waals surface area contributed by atoms with E-state index in [1.807, 2.05) is 31.2 Å². The molecule has 0 bridgehead atoms. The molecule has 4 rings (SSSR count). The maximum atomic E-state index is 14.7. The van der Waals surface area contributed by atoms with Crippen molar-refractivity contribution in [3.63, 3.8) is 0 Å². The summed E-state index contributed by atoms with van der Waals surface area (Å²) >= 11 is 1.58. The lowest BCUT2D eigenvalue weighted by Crippen LogP contribution is -2.48. The fourth-order valence-corrected chi connectivity index (χ4v) is 5.62. The fraction of sp³-hybridized carbons (Fsp3) is 0.478. The van der Waals surface area contributed by atoms with Gasteiger partial charge in [-0.1, -0.05) is 25.0 Å². The van der Waals surface area contributed by atoms with Gasteiger partial charge in [-0.25, -0.2) is 4.39 Å². The number of cyclic esters (lactones) is 1. The maximum Gasteiger partial charge on any atom is 0.313 e. The van der Waals surface area contributed by atoms with Gasteiger partial charge in [-0.2, -0.15) is 0 Å². The van der Waals surface area contributed by atoms with E-state index in [1.165, 1.54) is 0 Å². The second kappa shape index (κ2) is 7.78. The van der Waals surface area contributed by atoms with Crippen LogP contribution in [0.2, 0.25) is 0 Å². The SMILES string of the molecule is Cc1ccc(-c2ccc(CCC3(C4CCCC4)CC(=O)CC(=O)O3)cc2F)s1. The number of hydrogen-bond donors (Lipinski definition) is 0. The van der Waals surface area contributed by atoms with Crippen molar-refractivity contribution in [3.8, 4) is 10.4 Å². The number of benzene rings is 1. The summed E-state index contributed by atoms with van der Waals surface area (Å²) in [4.78, 5) is 26.2. The average Bonchev–Trinajstić information content (AvgIpc) is 3.31. The molecule has 0 amide bonds. The van der Waals surface area contributed by atoms with Crippen molar-refractivity contribution in [1.82, 2.24) is 0 Å². The van der Waals surface area contributed by atoms with Crippen molar-refractivity contribution in [2.24, 2.45) is 5.92 Å². The number of carbonyl (C=O) groups excluding carboxylic acids is 2. The van der Waals surface area contributed by atoms with E-state index in [1.54, 1.807) is 17.4 Å². The third-order valence-corrected chi connectivity index (χ3v) is 7.16. The smallest absolute Gasteiger partial charge is 0.313 e. The van der Waals surface area contributed by atoms with Crippen LogP contribution in [0.25, 0.3) is 10.4 Å². The number of ketones is 1. The molecule has 1 aromatic heterocycles. The summed E-state index contributed by atoms with van der Waals surface area (Å²) in [5, 5.41) is 0. The number of halogens is 1. The van der Waals surface area contributed by atoms with Crippen molar-refractivity contribution < 1.29 is 18.7 Å². The summed E-state index contributed by atoms with van der Waals surface area (Å²) in [6, 6.07) is 9.30. The molecule has 0 N–H and O–H groups in total. The molecule has 1 saturated heterocycles. The Bertz CT molecular complexity index is 879. The van der Waals surface area contributed by atoms with Gasteiger partial charge in [0.2, 0.25) is 0 Å². The molecule has 2 aliphatic rings. The highest BCUT2D eigenvalue weighted by Gasteiger charge is 2.47. The lowest BCUT2D eigenvalue weighted by Gasteiger charge is -2.41. The Labute approximate surface area is 168 Å². The van der Waals surface area contributed by atoms with E-state index in [2.05, 4.69) is 0 Å². The third-order valence-electron chi connectivity index (χ3n) is 6.13. The summed E-state index contributed by atoms with van der Waals surface area (Å²) in [7, 11) is 0. The minimum atomic E-state index is -0.705. The minimum Gasteiger partial charge on any atom is -0.458 e. The lowest BCUT2D eigenvalue weighted by molar-refractivity contribution is -0.178. The van der Waals surface area contributed by atoms with Crippen LogP contribution in [0, 0.1) is 18.7 Å². The number of rotatable bonds is 5. The Morgan fingerprint density at radius 3 is 2.61 bits per heavy atom. The predicted octanol–water partition coefficient (Wildman–Crippen LogP) is 5.63. The van der Waals surface area contributed by atoms with Crippen molar-refractivity contribution in [1.29, 1.82) is 0 Å². The highest BCUT2D eigenvalue weighted by Crippen LogP contribution is 2.44. The molecule has 1 aliphatic carbocycles. The van der Waals surface area contributed by atoms with Gasteiger partial charge in [0.15, 0.2) is 0 Å². The summed E-state index contributed by atoms with van der Waals surface area (Å²) < 4.78 is 20.5. The van der Waals surface area contributed by atoms with E-state index in [-0.39, 0.29) is 23.9 Å². The summed E-state index contributed by atoms with van der Waals surface area (Å²) in [6.45, 7) is 2.01. The summed E-state index contributed by atoms with van der Waals surface area (Å²) in [5.74, 6) is -0.430. The van der Waals surface area contributed by atoms with E-state index in [0.717, 1.165) is 41.0 Å². The topological polar surface area (TPSA) is 43.4 Å². The van der Waals surface area contributed by atoms with Gasteiger partial charge < -0.3 is 4.74 Å². The molecule has 2 aromatic rings. The van der Waals surface area contributed by atoms with Gasteiger partial charge in [-0.15, -0.1) is 11.3 Å². The third kappa shape index (κ3) is 3.90. The van der Waals surface area contributed by atoms with Gasteiger partial charge in [0.25, 0.3) is 0 Å². The van der Waals surface area contributed by atoms with Gasteiger partial charge in [0, 0.05) is 21.7 Å². The van der Waals surface area contributed by atoms with Crippen molar-refractivity contribution in [2.45, 2.75) is 63.9 Å². The summed E-state index contributed by atoms with van der Waals surface area (Å²) in [6.07, 6.45) is 5.57. The number of aryl methyl sites for hydroxylation is 2. The first-order valence-electron chi connectivity index (χ1n) is 10.0. The standard InChI is InChI=1S/C23H25FO3S/c1-15-6-9-21(28-15)19-8-7-16(12-20(19)24)10-11-23(17-4-2-3-5-17)14-18(25)13-22(26)27-23/h6-9,12,17H,2-5,10-11,13-14H2,1H3. The highest BCUT2D eigenvalue weighted by atomic mass is 32.1. The second-order valence-corrected chi connectivity index (χ2v) is 9.42. The van der Waals surface area contributed by atoms with Crippen LogP contribution in [0.15, 0.2) is 30.3 Å². The van der Waals surface area contributed by atoms with E-state index in [9.17, 15) is 14.0 Å². The van der Waals surface area contributed by atoms with E-state index < -0.39 is 11.6 Å². The number of ether oxygens (including phenoxy) is 1. The zero-order valence-corrected chi connectivity index (χ0v) is 16.9. The van der Waals surface area contributed by atoms with Gasteiger partial charge in [0.1, 0.15) is 23.6 Å². The van der Waals surface area contributed by atoms with Crippen LogP contribution >= 0.6 is 11.3 Å². The number of esters is 1. The molecule has 2 fully saturated rings. The molecule has 148 valence electrons. The Morgan fingerprint density at radius 2 is 1.96 bits per heavy atom. The van der Waals surface area contributed by atoms with Gasteiger partial charge in [-0.05, 0) is 62.3 Å².